The van der Waals surface area contributed by atoms with E-state index >= 15 is 0 Å². The van der Waals surface area contributed by atoms with E-state index in [1.54, 1.807) is 0 Å². The lowest BCUT2D eigenvalue weighted by Gasteiger charge is -2.22. The molecular weight excluding hydrogens is 779 g/mol. The summed E-state index contributed by atoms with van der Waals surface area (Å²) in [5.41, 5.74) is 0. The minimum Gasteiger partial charge on any atom is -0.465 e. The summed E-state index contributed by atoms with van der Waals surface area (Å²) in [7, 11) is 0. The predicted molar refractivity (Wildman–Crippen MR) is 273 cm³/mol. The highest BCUT2D eigenvalue weighted by atomic mass is 16.5. The van der Waals surface area contributed by atoms with Crippen molar-refractivity contribution in [1.29, 1.82) is 0 Å². The molecule has 6 heteroatoms. The number of carbonyl (C=O) groups excluding carboxylic acids is 2. The molecule has 0 rings (SSSR count). The van der Waals surface area contributed by atoms with Crippen LogP contribution in [-0.2, 0) is 14.3 Å². The van der Waals surface area contributed by atoms with Gasteiger partial charge in [-0.3, -0.25) is 9.59 Å². The molecular formula is C57H105NO5. The Hall–Kier alpha value is -2.18. The van der Waals surface area contributed by atoms with Crippen molar-refractivity contribution in [1.82, 2.24) is 5.32 Å². The molecule has 0 aliphatic heterocycles. The van der Waals surface area contributed by atoms with Crippen LogP contribution in [0.5, 0.6) is 0 Å². The number of hydrogen-bond donors (Lipinski definition) is 3. The molecule has 1 amide bonds. The molecule has 368 valence electrons. The van der Waals surface area contributed by atoms with Crippen molar-refractivity contribution < 1.29 is 24.5 Å². The van der Waals surface area contributed by atoms with Crippen molar-refractivity contribution in [3.63, 3.8) is 0 Å². The second-order valence-corrected chi connectivity index (χ2v) is 18.6. The highest BCUT2D eigenvalue weighted by Gasteiger charge is 2.20. The van der Waals surface area contributed by atoms with Gasteiger partial charge in [-0.15, -0.1) is 0 Å². The fourth-order valence-corrected chi connectivity index (χ4v) is 8.15. The summed E-state index contributed by atoms with van der Waals surface area (Å²) >= 11 is 0. The van der Waals surface area contributed by atoms with E-state index in [1.165, 1.54) is 180 Å². The number of esters is 1. The van der Waals surface area contributed by atoms with Crippen molar-refractivity contribution in [2.75, 3.05) is 13.2 Å². The molecule has 0 radical (unpaired) electrons. The molecule has 0 aromatic carbocycles. The van der Waals surface area contributed by atoms with Crippen LogP contribution < -0.4 is 5.32 Å². The standard InChI is InChI=1S/C57H105NO5/c1-3-5-7-9-11-13-14-15-16-25-28-31-35-39-43-47-51-57(62)63-52-48-44-40-36-32-29-26-23-21-19-17-18-20-22-24-27-30-34-38-42-46-50-56(61)58-54(53-59)55(60)49-45-41-37-33-12-10-8-6-4-2/h13-14,16,25,29,32,40,44,54-55,59-60H,3-12,15,17-24,26-28,30-31,33-39,41-43,45-53H2,1-2H3,(H,58,61)/b14-13-,25-16-,32-29-,44-40-. The molecule has 0 aliphatic rings. The Labute approximate surface area is 391 Å². The van der Waals surface area contributed by atoms with Gasteiger partial charge < -0.3 is 20.3 Å². The van der Waals surface area contributed by atoms with Gasteiger partial charge in [-0.2, -0.15) is 0 Å². The summed E-state index contributed by atoms with van der Waals surface area (Å²) in [4.78, 5) is 24.4. The summed E-state index contributed by atoms with van der Waals surface area (Å²) in [5, 5.41) is 23.1. The molecule has 0 fully saturated rings. The van der Waals surface area contributed by atoms with E-state index in [4.69, 9.17) is 4.74 Å². The third kappa shape index (κ3) is 49.1. The van der Waals surface area contributed by atoms with Crippen LogP contribution in [0, 0.1) is 0 Å². The van der Waals surface area contributed by atoms with E-state index in [0.29, 0.717) is 25.9 Å². The van der Waals surface area contributed by atoms with Crippen LogP contribution in [-0.4, -0.2) is 47.4 Å². The number of rotatable bonds is 50. The first-order valence-electron chi connectivity index (χ1n) is 27.4. The van der Waals surface area contributed by atoms with Crippen LogP contribution in [0.3, 0.4) is 0 Å². The number of carbonyl (C=O) groups is 2. The van der Waals surface area contributed by atoms with Gasteiger partial charge in [0.1, 0.15) is 0 Å². The van der Waals surface area contributed by atoms with Gasteiger partial charge in [-0.25, -0.2) is 0 Å². The zero-order valence-corrected chi connectivity index (χ0v) is 41.8. The number of ether oxygens (including phenoxy) is 1. The minimum absolute atomic E-state index is 0.0434. The fraction of sp³-hybridized carbons (Fsp3) is 0.825. The molecule has 0 heterocycles. The summed E-state index contributed by atoms with van der Waals surface area (Å²) in [5.74, 6) is -0.0929. The molecule has 0 saturated heterocycles. The molecule has 0 aliphatic carbocycles. The largest absolute Gasteiger partial charge is 0.465 e. The van der Waals surface area contributed by atoms with Crippen LogP contribution >= 0.6 is 0 Å². The number of amides is 1. The third-order valence-corrected chi connectivity index (χ3v) is 12.4. The number of allylic oxidation sites excluding steroid dienone is 7. The normalized spacial score (nSPS) is 13.0. The minimum atomic E-state index is -0.666. The zero-order chi connectivity index (χ0) is 45.8. The maximum absolute atomic E-state index is 12.4. The molecule has 0 spiro atoms. The van der Waals surface area contributed by atoms with Crippen LogP contribution in [0.25, 0.3) is 0 Å². The van der Waals surface area contributed by atoms with Crippen molar-refractivity contribution in [3.8, 4) is 0 Å². The smallest absolute Gasteiger partial charge is 0.305 e. The Bertz CT molecular complexity index is 1070. The fourth-order valence-electron chi connectivity index (χ4n) is 8.15. The van der Waals surface area contributed by atoms with Crippen molar-refractivity contribution in [2.24, 2.45) is 0 Å². The lowest BCUT2D eigenvalue weighted by atomic mass is 10.0. The summed E-state index contributed by atoms with van der Waals surface area (Å²) in [6.07, 6.45) is 65.5. The van der Waals surface area contributed by atoms with Crippen molar-refractivity contribution >= 4 is 11.9 Å². The molecule has 0 aromatic rings. The van der Waals surface area contributed by atoms with E-state index in [-0.39, 0.29) is 18.5 Å². The second kappa shape index (κ2) is 52.4. The lowest BCUT2D eigenvalue weighted by Crippen LogP contribution is -2.45. The van der Waals surface area contributed by atoms with Crippen LogP contribution in [0.2, 0.25) is 0 Å². The lowest BCUT2D eigenvalue weighted by molar-refractivity contribution is -0.143. The van der Waals surface area contributed by atoms with Gasteiger partial charge in [0.2, 0.25) is 5.91 Å². The maximum atomic E-state index is 12.4. The SMILES string of the molecule is CCCCCC/C=C\C/C=C\CCCCCCCC(=O)OCC/C=C\C/C=C\CCCCCCCCCCCCCCCCC(=O)NC(CO)C(O)CCCCCCCCCCC. The highest BCUT2D eigenvalue weighted by molar-refractivity contribution is 5.76. The van der Waals surface area contributed by atoms with Gasteiger partial charge in [0.05, 0.1) is 25.4 Å². The first-order chi connectivity index (χ1) is 31.0. The summed E-state index contributed by atoms with van der Waals surface area (Å²) in [6.45, 7) is 4.79. The molecule has 3 N–H and O–H groups in total. The molecule has 2 atom stereocenters. The summed E-state index contributed by atoms with van der Waals surface area (Å²) < 4.78 is 5.41. The predicted octanol–water partition coefficient (Wildman–Crippen LogP) is 16.6. The molecule has 63 heavy (non-hydrogen) atoms. The Kier molecular flexibility index (Phi) is 50.6. The van der Waals surface area contributed by atoms with Gasteiger partial charge in [-0.05, 0) is 77.0 Å². The number of nitrogens with one attached hydrogen (secondary N) is 1. The number of aliphatic hydroxyl groups excluding tert-OH is 2. The van der Waals surface area contributed by atoms with E-state index in [1.807, 2.05) is 0 Å². The second-order valence-electron chi connectivity index (χ2n) is 18.6. The molecule has 0 saturated carbocycles. The Balaban J connectivity index is 3.45. The van der Waals surface area contributed by atoms with Gasteiger partial charge >= 0.3 is 5.97 Å². The topological polar surface area (TPSA) is 95.9 Å². The van der Waals surface area contributed by atoms with Gasteiger partial charge in [0.25, 0.3) is 0 Å². The number of hydrogen-bond acceptors (Lipinski definition) is 5. The summed E-state index contributed by atoms with van der Waals surface area (Å²) in [6, 6.07) is -0.544. The van der Waals surface area contributed by atoms with Gasteiger partial charge in [0.15, 0.2) is 0 Å². The highest BCUT2D eigenvalue weighted by Crippen LogP contribution is 2.16. The average molecular weight is 884 g/mol. The monoisotopic (exact) mass is 884 g/mol. The van der Waals surface area contributed by atoms with Gasteiger partial charge in [0, 0.05) is 12.8 Å². The molecule has 2 unspecified atom stereocenters. The number of unbranched alkanes of at least 4 members (excludes halogenated alkanes) is 31. The zero-order valence-electron chi connectivity index (χ0n) is 41.8. The maximum Gasteiger partial charge on any atom is 0.305 e. The van der Waals surface area contributed by atoms with Crippen LogP contribution in [0.4, 0.5) is 0 Å². The van der Waals surface area contributed by atoms with E-state index in [0.717, 1.165) is 64.2 Å². The Morgan fingerprint density at radius 2 is 0.794 bits per heavy atom. The first kappa shape index (κ1) is 60.8. The quantitative estimate of drug-likeness (QED) is 0.0321. The van der Waals surface area contributed by atoms with Crippen LogP contribution in [0.1, 0.15) is 277 Å². The average Bonchev–Trinajstić information content (AvgIpc) is 3.28. The third-order valence-electron chi connectivity index (χ3n) is 12.4. The first-order valence-corrected chi connectivity index (χ1v) is 27.4. The van der Waals surface area contributed by atoms with E-state index in [2.05, 4.69) is 67.8 Å². The van der Waals surface area contributed by atoms with Crippen LogP contribution in [0.15, 0.2) is 48.6 Å². The Morgan fingerprint density at radius 3 is 1.22 bits per heavy atom. The van der Waals surface area contributed by atoms with Crippen molar-refractivity contribution in [3.05, 3.63) is 48.6 Å². The molecule has 0 aromatic heterocycles. The molecule has 0 bridgehead atoms. The molecule has 6 nitrogen and oxygen atoms in total. The van der Waals surface area contributed by atoms with E-state index < -0.39 is 12.1 Å². The van der Waals surface area contributed by atoms with Crippen molar-refractivity contribution in [2.45, 2.75) is 289 Å². The van der Waals surface area contributed by atoms with E-state index in [9.17, 15) is 19.8 Å². The Morgan fingerprint density at radius 1 is 0.444 bits per heavy atom. The van der Waals surface area contributed by atoms with Gasteiger partial charge in [-0.1, -0.05) is 236 Å². The number of aliphatic hydroxyl groups is 2.